The predicted molar refractivity (Wildman–Crippen MR) is 78.2 cm³/mol. The van der Waals surface area contributed by atoms with Crippen LogP contribution in [0.4, 0.5) is 25.8 Å². The Balaban J connectivity index is 2.40. The minimum atomic E-state index is -0.584. The van der Waals surface area contributed by atoms with E-state index >= 15 is 0 Å². The van der Waals surface area contributed by atoms with Gasteiger partial charge in [0.1, 0.15) is 11.6 Å². The monoisotopic (exact) mass is 380 g/mol. The van der Waals surface area contributed by atoms with Crippen LogP contribution in [0.15, 0.2) is 30.3 Å². The van der Waals surface area contributed by atoms with Crippen LogP contribution in [0.5, 0.6) is 0 Å². The molecule has 0 bridgehead atoms. The summed E-state index contributed by atoms with van der Waals surface area (Å²) < 4.78 is 27.1. The molecule has 0 unspecified atom stereocenters. The molecule has 2 nitrogen and oxygen atoms in total. The summed E-state index contributed by atoms with van der Waals surface area (Å²) in [4.78, 5) is 0. The molecule has 0 atom stereocenters. The van der Waals surface area contributed by atoms with Crippen molar-refractivity contribution in [2.75, 3.05) is 11.1 Å². The van der Waals surface area contributed by atoms with Crippen molar-refractivity contribution in [1.29, 1.82) is 0 Å². The second kappa shape index (κ2) is 5.27. The third kappa shape index (κ3) is 2.67. The summed E-state index contributed by atoms with van der Waals surface area (Å²) in [5.74, 6) is -0.937. The third-order valence-electron chi connectivity index (χ3n) is 2.31. The first-order valence-electron chi connectivity index (χ1n) is 4.94. The van der Waals surface area contributed by atoms with Crippen molar-refractivity contribution in [3.05, 3.63) is 50.6 Å². The molecular weight excluding hydrogens is 372 g/mol. The Hall–Kier alpha value is -1.08. The van der Waals surface area contributed by atoms with Gasteiger partial charge in [-0.2, -0.15) is 0 Å². The molecule has 0 saturated heterocycles. The van der Waals surface area contributed by atoms with Crippen LogP contribution in [0.2, 0.25) is 5.02 Å². The highest BCUT2D eigenvalue weighted by Gasteiger charge is 2.09. The number of nitrogen functional groups attached to an aromatic ring is 1. The molecule has 2 rings (SSSR count). The molecule has 94 valence electrons. The van der Waals surface area contributed by atoms with E-state index in [-0.39, 0.29) is 10.8 Å². The number of halogens is 4. The molecule has 0 aliphatic carbocycles. The third-order valence-corrected chi connectivity index (χ3v) is 3.70. The number of rotatable bonds is 2. The van der Waals surface area contributed by atoms with Crippen LogP contribution in [0.25, 0.3) is 0 Å². The summed E-state index contributed by atoms with van der Waals surface area (Å²) in [6, 6.07) is 7.07. The molecule has 0 spiro atoms. The summed E-state index contributed by atoms with van der Waals surface area (Å²) in [5, 5.41) is 2.83. The lowest BCUT2D eigenvalue weighted by Crippen LogP contribution is -2.00. The van der Waals surface area contributed by atoms with Crippen LogP contribution >= 0.6 is 34.2 Å². The molecule has 6 heteroatoms. The first-order valence-corrected chi connectivity index (χ1v) is 6.40. The molecule has 0 aliphatic rings. The van der Waals surface area contributed by atoms with Crippen molar-refractivity contribution < 1.29 is 8.78 Å². The van der Waals surface area contributed by atoms with Crippen LogP contribution in [0, 0.1) is 15.2 Å². The molecule has 0 aromatic heterocycles. The van der Waals surface area contributed by atoms with Crippen molar-refractivity contribution in [2.45, 2.75) is 0 Å². The zero-order chi connectivity index (χ0) is 13.3. The lowest BCUT2D eigenvalue weighted by molar-refractivity contribution is 0.621. The second-order valence-corrected chi connectivity index (χ2v) is 5.07. The predicted octanol–water partition coefficient (Wildman–Crippen LogP) is 4.55. The van der Waals surface area contributed by atoms with E-state index < -0.39 is 5.82 Å². The van der Waals surface area contributed by atoms with Crippen molar-refractivity contribution in [1.82, 2.24) is 0 Å². The zero-order valence-corrected chi connectivity index (χ0v) is 11.9. The van der Waals surface area contributed by atoms with E-state index in [1.54, 1.807) is 12.1 Å². The average molecular weight is 381 g/mol. The molecule has 2 aromatic rings. The normalized spacial score (nSPS) is 10.4. The Morgan fingerprint density at radius 3 is 2.56 bits per heavy atom. The van der Waals surface area contributed by atoms with Gasteiger partial charge < -0.3 is 11.1 Å². The number of anilines is 3. The molecule has 0 saturated carbocycles. The number of nitrogens with one attached hydrogen (secondary N) is 1. The lowest BCUT2D eigenvalue weighted by Gasteiger charge is -2.12. The van der Waals surface area contributed by atoms with E-state index in [0.717, 1.165) is 0 Å². The minimum absolute atomic E-state index is 0.0491. The highest BCUT2D eigenvalue weighted by Crippen LogP contribution is 2.31. The molecule has 2 aromatic carbocycles. The molecule has 0 radical (unpaired) electrons. The van der Waals surface area contributed by atoms with Gasteiger partial charge in [-0.05, 0) is 40.8 Å². The molecule has 3 N–H and O–H groups in total. The van der Waals surface area contributed by atoms with E-state index in [1.807, 2.05) is 22.6 Å². The number of hydrogen-bond donors (Lipinski definition) is 2. The van der Waals surface area contributed by atoms with E-state index in [4.69, 9.17) is 17.3 Å². The minimum Gasteiger partial charge on any atom is -0.397 e. The van der Waals surface area contributed by atoms with Gasteiger partial charge in [-0.3, -0.25) is 0 Å². The Morgan fingerprint density at radius 1 is 1.11 bits per heavy atom. The molecular formula is C12H8ClF2IN2. The number of hydrogen-bond acceptors (Lipinski definition) is 2. The summed E-state index contributed by atoms with van der Waals surface area (Å²) in [6.07, 6.45) is 0. The van der Waals surface area contributed by atoms with Gasteiger partial charge in [-0.1, -0.05) is 17.7 Å². The molecule has 18 heavy (non-hydrogen) atoms. The Bertz CT molecular complexity index is 605. The fourth-order valence-corrected chi connectivity index (χ4v) is 2.08. The van der Waals surface area contributed by atoms with Crippen LogP contribution in [-0.4, -0.2) is 0 Å². The zero-order valence-electron chi connectivity index (χ0n) is 8.98. The van der Waals surface area contributed by atoms with Gasteiger partial charge in [0.25, 0.3) is 0 Å². The molecule has 0 heterocycles. The van der Waals surface area contributed by atoms with Crippen molar-refractivity contribution in [3.8, 4) is 0 Å². The maximum Gasteiger partial charge on any atom is 0.144 e. The standard InChI is InChI=1S/C12H8ClF2IN2/c13-6-4-9(17)11(5-8(6)15)18-10-3-1-2-7(14)12(10)16/h1-5,18H,17H2. The van der Waals surface area contributed by atoms with E-state index in [1.165, 1.54) is 18.2 Å². The maximum absolute atomic E-state index is 13.4. The summed E-state index contributed by atoms with van der Waals surface area (Å²) in [7, 11) is 0. The van der Waals surface area contributed by atoms with Crippen LogP contribution in [0.3, 0.4) is 0 Å². The van der Waals surface area contributed by atoms with Gasteiger partial charge in [0.05, 0.1) is 25.7 Å². The second-order valence-electron chi connectivity index (χ2n) is 3.58. The van der Waals surface area contributed by atoms with Gasteiger partial charge >= 0.3 is 0 Å². The quantitative estimate of drug-likeness (QED) is 0.593. The van der Waals surface area contributed by atoms with E-state index in [2.05, 4.69) is 5.32 Å². The Morgan fingerprint density at radius 2 is 1.83 bits per heavy atom. The van der Waals surface area contributed by atoms with Crippen LogP contribution < -0.4 is 11.1 Å². The molecule has 0 aliphatic heterocycles. The first kappa shape index (κ1) is 13.4. The smallest absolute Gasteiger partial charge is 0.144 e. The fourth-order valence-electron chi connectivity index (χ4n) is 1.42. The van der Waals surface area contributed by atoms with Crippen molar-refractivity contribution >= 4 is 51.3 Å². The highest BCUT2D eigenvalue weighted by molar-refractivity contribution is 14.1. The summed E-state index contributed by atoms with van der Waals surface area (Å²) in [6.45, 7) is 0. The lowest BCUT2D eigenvalue weighted by atomic mass is 10.2. The first-order chi connectivity index (χ1) is 8.49. The van der Waals surface area contributed by atoms with Gasteiger partial charge in [0, 0.05) is 6.07 Å². The topological polar surface area (TPSA) is 38.0 Å². The van der Waals surface area contributed by atoms with Gasteiger partial charge in [0.2, 0.25) is 0 Å². The van der Waals surface area contributed by atoms with Gasteiger partial charge in [0.15, 0.2) is 0 Å². The van der Waals surface area contributed by atoms with Gasteiger partial charge in [-0.25, -0.2) is 8.78 Å². The van der Waals surface area contributed by atoms with Gasteiger partial charge in [-0.15, -0.1) is 0 Å². The Labute approximate surface area is 121 Å². The maximum atomic E-state index is 13.4. The number of nitrogens with two attached hydrogens (primary N) is 1. The summed E-state index contributed by atoms with van der Waals surface area (Å²) >= 11 is 7.46. The average Bonchev–Trinajstić information content (AvgIpc) is 2.32. The molecule has 0 fully saturated rings. The molecule has 0 amide bonds. The number of benzene rings is 2. The van der Waals surface area contributed by atoms with Crippen molar-refractivity contribution in [3.63, 3.8) is 0 Å². The van der Waals surface area contributed by atoms with Crippen molar-refractivity contribution in [2.24, 2.45) is 0 Å². The van der Waals surface area contributed by atoms with E-state index in [9.17, 15) is 8.78 Å². The SMILES string of the molecule is Nc1cc(Cl)c(F)cc1Nc1cccc(F)c1I. The van der Waals surface area contributed by atoms with Crippen LogP contribution in [-0.2, 0) is 0 Å². The van der Waals surface area contributed by atoms with Crippen LogP contribution in [0.1, 0.15) is 0 Å². The highest BCUT2D eigenvalue weighted by atomic mass is 127. The summed E-state index contributed by atoms with van der Waals surface area (Å²) in [5.41, 5.74) is 6.87. The fraction of sp³-hybridized carbons (Fsp3) is 0. The van der Waals surface area contributed by atoms with E-state index in [0.29, 0.717) is 20.6 Å². The largest absolute Gasteiger partial charge is 0.397 e. The Kier molecular flexibility index (Phi) is 3.91.